The third-order valence-corrected chi connectivity index (χ3v) is 4.89. The number of ketones is 1. The van der Waals surface area contributed by atoms with Crippen molar-refractivity contribution in [2.75, 3.05) is 13.7 Å². The van der Waals surface area contributed by atoms with Crippen LogP contribution < -0.4 is 10.5 Å². The zero-order valence-electron chi connectivity index (χ0n) is 13.7. The summed E-state index contributed by atoms with van der Waals surface area (Å²) in [5.41, 5.74) is 7.86. The molecular formula is C19H25NO2S. The van der Waals surface area contributed by atoms with Gasteiger partial charge in [-0.2, -0.15) is 0 Å². The molecule has 2 N–H and O–H groups in total. The number of allylic oxidation sites excluding steroid dienone is 2. The van der Waals surface area contributed by atoms with Gasteiger partial charge in [0.1, 0.15) is 5.75 Å². The average molecular weight is 331 g/mol. The van der Waals surface area contributed by atoms with Gasteiger partial charge in [0.15, 0.2) is 5.78 Å². The second kappa shape index (κ2) is 8.94. The molecule has 0 spiro atoms. The first-order chi connectivity index (χ1) is 11.1. The Morgan fingerprint density at radius 1 is 1.30 bits per heavy atom. The van der Waals surface area contributed by atoms with E-state index < -0.39 is 0 Å². The van der Waals surface area contributed by atoms with Crippen LogP contribution in [0, 0.1) is 5.92 Å². The van der Waals surface area contributed by atoms with Crippen molar-refractivity contribution in [3.63, 3.8) is 0 Å². The van der Waals surface area contributed by atoms with Crippen LogP contribution in [0.2, 0.25) is 0 Å². The molecule has 0 aromatic heterocycles. The maximum atomic E-state index is 12.2. The van der Waals surface area contributed by atoms with Gasteiger partial charge in [0.05, 0.1) is 7.11 Å². The van der Waals surface area contributed by atoms with Gasteiger partial charge in [-0.25, -0.2) is 0 Å². The molecule has 0 fully saturated rings. The topological polar surface area (TPSA) is 52.3 Å². The van der Waals surface area contributed by atoms with Crippen LogP contribution in [-0.2, 0) is 4.79 Å². The summed E-state index contributed by atoms with van der Waals surface area (Å²) in [5, 5.41) is 0. The molecule has 0 radical (unpaired) electrons. The molecule has 1 atom stereocenters. The van der Waals surface area contributed by atoms with Gasteiger partial charge in [0.25, 0.3) is 0 Å². The predicted molar refractivity (Wildman–Crippen MR) is 98.8 cm³/mol. The molecule has 23 heavy (non-hydrogen) atoms. The smallest absolute Gasteiger partial charge is 0.155 e. The van der Waals surface area contributed by atoms with E-state index >= 15 is 0 Å². The van der Waals surface area contributed by atoms with Gasteiger partial charge in [0, 0.05) is 6.42 Å². The highest BCUT2D eigenvalue weighted by atomic mass is 32.1. The number of ether oxygens (including phenoxy) is 1. The molecule has 1 aliphatic rings. The molecule has 0 saturated carbocycles. The van der Waals surface area contributed by atoms with Gasteiger partial charge < -0.3 is 10.5 Å². The molecule has 1 aliphatic carbocycles. The van der Waals surface area contributed by atoms with Crippen molar-refractivity contribution in [1.29, 1.82) is 0 Å². The minimum atomic E-state index is 0.183. The summed E-state index contributed by atoms with van der Waals surface area (Å²) >= 11 is 5.57. The zero-order valence-corrected chi connectivity index (χ0v) is 14.5. The van der Waals surface area contributed by atoms with Crippen LogP contribution in [0.4, 0.5) is 0 Å². The highest BCUT2D eigenvalue weighted by molar-refractivity contribution is 7.80. The Hall–Kier alpha value is -1.52. The zero-order chi connectivity index (χ0) is 16.7. The van der Waals surface area contributed by atoms with Crippen molar-refractivity contribution in [1.82, 2.24) is 0 Å². The van der Waals surface area contributed by atoms with Crippen molar-refractivity contribution < 1.29 is 9.53 Å². The molecular weight excluding hydrogens is 306 g/mol. The summed E-state index contributed by atoms with van der Waals surface area (Å²) in [6, 6.07) is 7.89. The van der Waals surface area contributed by atoms with Crippen molar-refractivity contribution in [3.8, 4) is 5.75 Å². The minimum absolute atomic E-state index is 0.183. The molecule has 0 aliphatic heterocycles. The van der Waals surface area contributed by atoms with E-state index in [2.05, 4.69) is 0 Å². The highest BCUT2D eigenvalue weighted by Gasteiger charge is 2.17. The van der Waals surface area contributed by atoms with Gasteiger partial charge in [-0.05, 0) is 78.8 Å². The Balaban J connectivity index is 2.26. The maximum Gasteiger partial charge on any atom is 0.155 e. The van der Waals surface area contributed by atoms with Crippen LogP contribution in [0.25, 0.3) is 5.57 Å². The second-order valence-electron chi connectivity index (χ2n) is 6.00. The SMILES string of the molecule is COc1cccc(/C2=C/C(=O)CCCC(=S)C(CCN)CC2)c1. The minimum Gasteiger partial charge on any atom is -0.497 e. The number of methoxy groups -OCH3 is 1. The van der Waals surface area contributed by atoms with E-state index in [4.69, 9.17) is 22.7 Å². The number of hydrogen-bond donors (Lipinski definition) is 1. The number of thiocarbonyl (C=S) groups is 1. The summed E-state index contributed by atoms with van der Waals surface area (Å²) in [6.07, 6.45) is 6.77. The normalized spacial score (nSPS) is 22.3. The number of carbonyl (C=O) groups is 1. The third-order valence-electron chi connectivity index (χ3n) is 4.35. The number of hydrogen-bond acceptors (Lipinski definition) is 4. The van der Waals surface area contributed by atoms with E-state index in [1.54, 1.807) is 7.11 Å². The van der Waals surface area contributed by atoms with Crippen LogP contribution in [0.1, 0.15) is 44.1 Å². The van der Waals surface area contributed by atoms with Crippen molar-refractivity contribution in [2.24, 2.45) is 11.7 Å². The van der Waals surface area contributed by atoms with Crippen molar-refractivity contribution >= 4 is 28.4 Å². The third kappa shape index (κ3) is 5.26. The molecule has 1 aromatic carbocycles. The molecule has 0 saturated heterocycles. The Morgan fingerprint density at radius 2 is 2.13 bits per heavy atom. The number of benzene rings is 1. The van der Waals surface area contributed by atoms with Crippen LogP contribution in [0.3, 0.4) is 0 Å². The summed E-state index contributed by atoms with van der Waals surface area (Å²) < 4.78 is 5.30. The maximum absolute atomic E-state index is 12.2. The number of nitrogens with two attached hydrogens (primary N) is 1. The summed E-state index contributed by atoms with van der Waals surface area (Å²) in [5.74, 6) is 1.36. The Bertz CT molecular complexity index is 595. The van der Waals surface area contributed by atoms with Gasteiger partial charge in [0.2, 0.25) is 0 Å². The Labute approximate surface area is 143 Å². The molecule has 1 aromatic rings. The first-order valence-corrected chi connectivity index (χ1v) is 8.65. The summed E-state index contributed by atoms with van der Waals surface area (Å²) in [6.45, 7) is 0.655. The fourth-order valence-electron chi connectivity index (χ4n) is 3.03. The molecule has 3 nitrogen and oxygen atoms in total. The molecule has 0 amide bonds. The van der Waals surface area contributed by atoms with Crippen LogP contribution in [0.15, 0.2) is 30.3 Å². The lowest BCUT2D eigenvalue weighted by atomic mass is 9.87. The second-order valence-corrected chi connectivity index (χ2v) is 6.53. The summed E-state index contributed by atoms with van der Waals surface area (Å²) in [4.78, 5) is 13.3. The monoisotopic (exact) mass is 331 g/mol. The molecule has 124 valence electrons. The van der Waals surface area contributed by atoms with Crippen molar-refractivity contribution in [2.45, 2.75) is 38.5 Å². The van der Waals surface area contributed by atoms with Crippen LogP contribution in [-0.4, -0.2) is 24.3 Å². The van der Waals surface area contributed by atoms with Crippen molar-refractivity contribution in [3.05, 3.63) is 35.9 Å². The Kier molecular flexibility index (Phi) is 6.93. The van der Waals surface area contributed by atoms with E-state index in [1.807, 2.05) is 30.3 Å². The molecule has 4 heteroatoms. The molecule has 0 heterocycles. The van der Waals surface area contributed by atoms with Gasteiger partial charge in [-0.1, -0.05) is 24.4 Å². The largest absolute Gasteiger partial charge is 0.497 e. The first-order valence-electron chi connectivity index (χ1n) is 8.24. The lowest BCUT2D eigenvalue weighted by Gasteiger charge is -2.20. The van der Waals surface area contributed by atoms with Gasteiger partial charge in [-0.3, -0.25) is 4.79 Å². The number of rotatable bonds is 4. The fraction of sp³-hybridized carbons (Fsp3) is 0.474. The van der Waals surface area contributed by atoms with E-state index in [1.165, 1.54) is 0 Å². The fourth-order valence-corrected chi connectivity index (χ4v) is 3.41. The molecule has 0 bridgehead atoms. The summed E-state index contributed by atoms with van der Waals surface area (Å²) in [7, 11) is 1.65. The van der Waals surface area contributed by atoms with Crippen LogP contribution >= 0.6 is 12.2 Å². The van der Waals surface area contributed by atoms with E-state index in [-0.39, 0.29) is 5.78 Å². The standard InChI is InChI=1S/C19H25NO2S/c1-22-18-6-2-4-15(13-18)16-9-8-14(10-11-20)19(23)7-3-5-17(21)12-16/h2,4,6,12-14H,3,5,7-11,20H2,1H3/b16-12+. The molecule has 1 unspecified atom stereocenters. The lowest BCUT2D eigenvalue weighted by molar-refractivity contribution is -0.114. The lowest BCUT2D eigenvalue weighted by Crippen LogP contribution is -2.18. The quantitative estimate of drug-likeness (QED) is 0.849. The average Bonchev–Trinajstić information content (AvgIpc) is 2.56. The Morgan fingerprint density at radius 3 is 2.87 bits per heavy atom. The van der Waals surface area contributed by atoms with E-state index in [0.29, 0.717) is 18.9 Å². The molecule has 2 rings (SSSR count). The highest BCUT2D eigenvalue weighted by Crippen LogP contribution is 2.29. The van der Waals surface area contributed by atoms with Crippen LogP contribution in [0.5, 0.6) is 5.75 Å². The number of carbonyl (C=O) groups excluding carboxylic acids is 1. The van der Waals surface area contributed by atoms with E-state index in [9.17, 15) is 4.79 Å². The predicted octanol–water partition coefficient (Wildman–Crippen LogP) is 3.95. The van der Waals surface area contributed by atoms with Gasteiger partial charge in [-0.15, -0.1) is 0 Å². The van der Waals surface area contributed by atoms with E-state index in [0.717, 1.165) is 53.9 Å². The van der Waals surface area contributed by atoms with Gasteiger partial charge >= 0.3 is 0 Å². The first kappa shape index (κ1) is 17.8.